The fourth-order valence-electron chi connectivity index (χ4n) is 2.13. The van der Waals surface area contributed by atoms with E-state index in [0.717, 1.165) is 28.1 Å². The summed E-state index contributed by atoms with van der Waals surface area (Å²) in [6.07, 6.45) is 0. The highest BCUT2D eigenvalue weighted by Gasteiger charge is 2.10. The van der Waals surface area contributed by atoms with Crippen LogP contribution >= 0.6 is 15.9 Å². The molecule has 106 valence electrons. The van der Waals surface area contributed by atoms with Gasteiger partial charge in [-0.25, -0.2) is 0 Å². The molecule has 0 saturated heterocycles. The van der Waals surface area contributed by atoms with Crippen molar-refractivity contribution in [2.45, 2.75) is 26.3 Å². The third-order valence-electron chi connectivity index (χ3n) is 3.16. The molecule has 0 spiro atoms. The fourth-order valence-corrected chi connectivity index (χ4v) is 2.47. The Hall–Kier alpha value is -1.32. The van der Waals surface area contributed by atoms with Gasteiger partial charge in [0, 0.05) is 16.6 Å². The van der Waals surface area contributed by atoms with Gasteiger partial charge in [-0.1, -0.05) is 54.0 Å². The minimum absolute atomic E-state index is 0.436. The molecule has 2 nitrogen and oxygen atoms in total. The molecule has 2 aromatic carbocycles. The molecule has 0 saturated carbocycles. The van der Waals surface area contributed by atoms with Gasteiger partial charge in [-0.2, -0.15) is 0 Å². The summed E-state index contributed by atoms with van der Waals surface area (Å²) < 4.78 is 7.19. The molecule has 0 atom stereocenters. The quantitative estimate of drug-likeness (QED) is 0.823. The molecular formula is C17H20BrNO. The Bertz CT molecular complexity index is 581. The molecule has 2 rings (SSSR count). The number of ether oxygens (including phenoxy) is 1. The summed E-state index contributed by atoms with van der Waals surface area (Å²) in [6.45, 7) is 5.14. The van der Waals surface area contributed by atoms with Crippen LogP contribution < -0.4 is 10.1 Å². The van der Waals surface area contributed by atoms with Crippen LogP contribution in [0, 0.1) is 0 Å². The van der Waals surface area contributed by atoms with Crippen molar-refractivity contribution in [3.05, 3.63) is 58.1 Å². The summed E-state index contributed by atoms with van der Waals surface area (Å²) in [4.78, 5) is 0. The van der Waals surface area contributed by atoms with Gasteiger partial charge >= 0.3 is 0 Å². The predicted octanol–water partition coefficient (Wildman–Crippen LogP) is 5.08. The normalized spacial score (nSPS) is 10.8. The van der Waals surface area contributed by atoms with E-state index in [1.165, 1.54) is 5.56 Å². The van der Waals surface area contributed by atoms with Gasteiger partial charge in [0.05, 0.1) is 0 Å². The number of hydrogen-bond acceptors (Lipinski definition) is 2. The fraction of sp³-hybridized carbons (Fsp3) is 0.294. The van der Waals surface area contributed by atoms with Gasteiger partial charge in [0.15, 0.2) is 0 Å². The molecule has 0 aromatic heterocycles. The average Bonchev–Trinajstić information content (AvgIpc) is 2.42. The van der Waals surface area contributed by atoms with Crippen molar-refractivity contribution < 1.29 is 4.74 Å². The first-order chi connectivity index (χ1) is 9.61. The standard InChI is InChI=1S/C17H20BrNO/c1-12(2)15-6-4-5-7-16(15)20-17-10-14(18)9-8-13(17)11-19-3/h4-10,12,19H,11H2,1-3H3. The Balaban J connectivity index is 2.36. The number of benzene rings is 2. The largest absolute Gasteiger partial charge is 0.457 e. The minimum atomic E-state index is 0.436. The molecule has 3 heteroatoms. The monoisotopic (exact) mass is 333 g/mol. The van der Waals surface area contributed by atoms with E-state index in [2.05, 4.69) is 53.3 Å². The third kappa shape index (κ3) is 3.62. The molecule has 0 aliphatic rings. The zero-order valence-corrected chi connectivity index (χ0v) is 13.7. The molecule has 0 aliphatic heterocycles. The third-order valence-corrected chi connectivity index (χ3v) is 3.65. The second-order valence-corrected chi connectivity index (χ2v) is 5.99. The van der Waals surface area contributed by atoms with Crippen LogP contribution in [0.25, 0.3) is 0 Å². The average molecular weight is 334 g/mol. The second-order valence-electron chi connectivity index (χ2n) is 5.08. The van der Waals surface area contributed by atoms with E-state index in [9.17, 15) is 0 Å². The van der Waals surface area contributed by atoms with Crippen LogP contribution in [-0.4, -0.2) is 7.05 Å². The van der Waals surface area contributed by atoms with Crippen LogP contribution in [-0.2, 0) is 6.54 Å². The summed E-state index contributed by atoms with van der Waals surface area (Å²) >= 11 is 3.51. The maximum absolute atomic E-state index is 6.17. The van der Waals surface area contributed by atoms with Crippen molar-refractivity contribution in [3.63, 3.8) is 0 Å². The highest BCUT2D eigenvalue weighted by atomic mass is 79.9. The summed E-state index contributed by atoms with van der Waals surface area (Å²) in [5.41, 5.74) is 2.37. The number of nitrogens with one attached hydrogen (secondary N) is 1. The van der Waals surface area contributed by atoms with Gasteiger partial charge in [0.1, 0.15) is 11.5 Å². The zero-order valence-electron chi connectivity index (χ0n) is 12.1. The van der Waals surface area contributed by atoms with Crippen molar-refractivity contribution in [3.8, 4) is 11.5 Å². The highest BCUT2D eigenvalue weighted by molar-refractivity contribution is 9.10. The van der Waals surface area contributed by atoms with E-state index in [1.54, 1.807) is 0 Å². The number of halogens is 1. The van der Waals surface area contributed by atoms with E-state index in [4.69, 9.17) is 4.74 Å². The van der Waals surface area contributed by atoms with Gasteiger partial charge in [0.25, 0.3) is 0 Å². The maximum Gasteiger partial charge on any atom is 0.133 e. The molecule has 0 heterocycles. The lowest BCUT2D eigenvalue weighted by Crippen LogP contribution is -2.06. The molecule has 2 aromatic rings. The van der Waals surface area contributed by atoms with Gasteiger partial charge in [0.2, 0.25) is 0 Å². The van der Waals surface area contributed by atoms with Crippen molar-refractivity contribution in [1.29, 1.82) is 0 Å². The Morgan fingerprint density at radius 3 is 2.55 bits per heavy atom. The highest BCUT2D eigenvalue weighted by Crippen LogP contribution is 2.33. The number of hydrogen-bond donors (Lipinski definition) is 1. The lowest BCUT2D eigenvalue weighted by atomic mass is 10.0. The summed E-state index contributed by atoms with van der Waals surface area (Å²) in [7, 11) is 1.94. The maximum atomic E-state index is 6.17. The Morgan fingerprint density at radius 2 is 1.85 bits per heavy atom. The first kappa shape index (κ1) is 15.1. The van der Waals surface area contributed by atoms with Crippen LogP contribution in [0.2, 0.25) is 0 Å². The van der Waals surface area contributed by atoms with Crippen molar-refractivity contribution >= 4 is 15.9 Å². The molecule has 0 bridgehead atoms. The Morgan fingerprint density at radius 1 is 1.10 bits per heavy atom. The number of rotatable bonds is 5. The summed E-state index contributed by atoms with van der Waals surface area (Å²) in [5, 5.41) is 3.17. The van der Waals surface area contributed by atoms with E-state index >= 15 is 0 Å². The van der Waals surface area contributed by atoms with Gasteiger partial charge in [-0.15, -0.1) is 0 Å². The summed E-state index contributed by atoms with van der Waals surface area (Å²) in [5.74, 6) is 2.26. The predicted molar refractivity (Wildman–Crippen MR) is 87.5 cm³/mol. The second kappa shape index (κ2) is 6.91. The van der Waals surface area contributed by atoms with Crippen LogP contribution in [0.1, 0.15) is 30.9 Å². The van der Waals surface area contributed by atoms with Crippen molar-refractivity contribution in [1.82, 2.24) is 5.32 Å². The zero-order chi connectivity index (χ0) is 14.5. The van der Waals surface area contributed by atoms with Gasteiger partial charge < -0.3 is 10.1 Å². The molecule has 0 aliphatic carbocycles. The van der Waals surface area contributed by atoms with Gasteiger partial charge in [-0.3, -0.25) is 0 Å². The molecular weight excluding hydrogens is 314 g/mol. The molecule has 0 amide bonds. The SMILES string of the molecule is CNCc1ccc(Br)cc1Oc1ccccc1C(C)C. The molecule has 1 N–H and O–H groups in total. The Labute approximate surface area is 129 Å². The minimum Gasteiger partial charge on any atom is -0.457 e. The number of para-hydroxylation sites is 1. The van der Waals surface area contributed by atoms with Crippen LogP contribution in [0.5, 0.6) is 11.5 Å². The van der Waals surface area contributed by atoms with Crippen molar-refractivity contribution in [2.24, 2.45) is 0 Å². The molecule has 0 unspecified atom stereocenters. The lowest BCUT2D eigenvalue weighted by molar-refractivity contribution is 0.465. The van der Waals surface area contributed by atoms with Crippen LogP contribution in [0.3, 0.4) is 0 Å². The van der Waals surface area contributed by atoms with E-state index < -0.39 is 0 Å². The Kier molecular flexibility index (Phi) is 5.21. The van der Waals surface area contributed by atoms with E-state index in [1.807, 2.05) is 31.3 Å². The van der Waals surface area contributed by atoms with E-state index in [-0.39, 0.29) is 0 Å². The molecule has 0 fully saturated rings. The smallest absolute Gasteiger partial charge is 0.133 e. The topological polar surface area (TPSA) is 21.3 Å². The van der Waals surface area contributed by atoms with E-state index in [0.29, 0.717) is 5.92 Å². The van der Waals surface area contributed by atoms with Crippen molar-refractivity contribution in [2.75, 3.05) is 7.05 Å². The lowest BCUT2D eigenvalue weighted by Gasteiger charge is -2.16. The van der Waals surface area contributed by atoms with Crippen LogP contribution in [0.15, 0.2) is 46.9 Å². The van der Waals surface area contributed by atoms with Crippen LogP contribution in [0.4, 0.5) is 0 Å². The molecule has 20 heavy (non-hydrogen) atoms. The van der Waals surface area contributed by atoms with Gasteiger partial charge in [-0.05, 0) is 36.7 Å². The summed E-state index contributed by atoms with van der Waals surface area (Å²) in [6, 6.07) is 14.3. The molecule has 0 radical (unpaired) electrons. The first-order valence-corrected chi connectivity index (χ1v) is 7.61. The first-order valence-electron chi connectivity index (χ1n) is 6.81.